The van der Waals surface area contributed by atoms with Gasteiger partial charge in [-0.15, -0.1) is 0 Å². The molecule has 2 fully saturated rings. The van der Waals surface area contributed by atoms with Crippen LogP contribution < -0.4 is 5.32 Å². The summed E-state index contributed by atoms with van der Waals surface area (Å²) in [7, 11) is 0. The van der Waals surface area contributed by atoms with Gasteiger partial charge in [-0.1, -0.05) is 18.2 Å². The molecule has 0 bridgehead atoms. The zero-order valence-electron chi connectivity index (χ0n) is 14.5. The molecule has 7 heteroatoms. The van der Waals surface area contributed by atoms with Crippen molar-refractivity contribution < 1.29 is 28.8 Å². The molecule has 2 saturated heterocycles. The van der Waals surface area contributed by atoms with Crippen LogP contribution in [0, 0.1) is 17.7 Å². The van der Waals surface area contributed by atoms with Crippen LogP contribution in [0.25, 0.3) is 0 Å². The summed E-state index contributed by atoms with van der Waals surface area (Å²) in [5.41, 5.74) is -0.936. The summed E-state index contributed by atoms with van der Waals surface area (Å²) in [4.78, 5) is 39.4. The smallest absolute Gasteiger partial charge is 0.368 e. The maximum Gasteiger partial charge on any atom is 0.368 e. The number of hydrogen-bond donors (Lipinski definition) is 1. The first-order chi connectivity index (χ1) is 11.9. The number of likely N-dealkylation sites (tertiary alicyclic amines) is 1. The predicted molar refractivity (Wildman–Crippen MR) is 85.5 cm³/mol. The van der Waals surface area contributed by atoms with Crippen molar-refractivity contribution in [3.63, 3.8) is 0 Å². The van der Waals surface area contributed by atoms with Crippen LogP contribution in [0.4, 0.5) is 4.39 Å². The van der Waals surface area contributed by atoms with Crippen LogP contribution in [0.5, 0.6) is 0 Å². The van der Waals surface area contributed by atoms with Crippen molar-refractivity contribution in [2.75, 3.05) is 13.2 Å². The van der Waals surface area contributed by atoms with Crippen molar-refractivity contribution in [3.05, 3.63) is 35.6 Å². The van der Waals surface area contributed by atoms with E-state index in [4.69, 9.17) is 4.74 Å². The fourth-order valence-electron chi connectivity index (χ4n) is 4.15. The predicted octanol–water partition coefficient (Wildman–Crippen LogP) is 0.387. The number of carbonyl (C=O) groups is 3. The Morgan fingerprint density at radius 1 is 1.28 bits per heavy atom. The molecule has 2 N–H and O–H groups in total. The Hall–Kier alpha value is -2.28. The van der Waals surface area contributed by atoms with Crippen LogP contribution >= 0.6 is 0 Å². The SMILES string of the molecule is CCOC(=O)[C@]1(C)[NH2+][C@H](c2ccccc2F)[C@@H]2C(=O)N(CC)C(=O)[C@H]21. The average molecular weight is 349 g/mol. The monoisotopic (exact) mass is 349 g/mol. The number of nitrogens with zero attached hydrogens (tertiary/aromatic N) is 1. The molecule has 1 aromatic rings. The van der Waals surface area contributed by atoms with E-state index in [1.807, 2.05) is 0 Å². The van der Waals surface area contributed by atoms with Crippen molar-refractivity contribution in [2.24, 2.45) is 11.8 Å². The summed E-state index contributed by atoms with van der Waals surface area (Å²) in [6.45, 7) is 5.40. The van der Waals surface area contributed by atoms with Crippen molar-refractivity contribution in [1.29, 1.82) is 0 Å². The van der Waals surface area contributed by atoms with Crippen molar-refractivity contribution in [2.45, 2.75) is 32.4 Å². The molecule has 0 aromatic heterocycles. The first-order valence-corrected chi connectivity index (χ1v) is 8.49. The minimum atomic E-state index is -1.26. The molecule has 2 aliphatic heterocycles. The zero-order valence-corrected chi connectivity index (χ0v) is 14.5. The lowest BCUT2D eigenvalue weighted by molar-refractivity contribution is -0.731. The van der Waals surface area contributed by atoms with Gasteiger partial charge in [0.05, 0.1) is 6.61 Å². The molecule has 3 rings (SSSR count). The van der Waals surface area contributed by atoms with Gasteiger partial charge >= 0.3 is 5.97 Å². The number of halogens is 1. The number of hydrogen-bond acceptors (Lipinski definition) is 4. The molecule has 25 heavy (non-hydrogen) atoms. The molecule has 2 aliphatic rings. The fraction of sp³-hybridized carbons (Fsp3) is 0.500. The number of imide groups is 1. The second kappa shape index (κ2) is 6.22. The molecule has 134 valence electrons. The summed E-state index contributed by atoms with van der Waals surface area (Å²) in [5, 5.41) is 1.63. The average Bonchev–Trinajstić information content (AvgIpc) is 3.03. The van der Waals surface area contributed by atoms with E-state index in [1.165, 1.54) is 6.07 Å². The maximum absolute atomic E-state index is 14.4. The minimum Gasteiger partial charge on any atom is -0.461 e. The molecule has 2 amide bonds. The van der Waals surface area contributed by atoms with Crippen LogP contribution in [0.2, 0.25) is 0 Å². The van der Waals surface area contributed by atoms with E-state index in [9.17, 15) is 18.8 Å². The highest BCUT2D eigenvalue weighted by molar-refractivity contribution is 6.08. The molecular formula is C18H22FN2O4+. The van der Waals surface area contributed by atoms with Gasteiger partial charge in [0.2, 0.25) is 17.4 Å². The summed E-state index contributed by atoms with van der Waals surface area (Å²) in [5.74, 6) is -3.38. The Kier molecular flexibility index (Phi) is 4.36. The summed E-state index contributed by atoms with van der Waals surface area (Å²) in [6, 6.07) is 5.51. The third-order valence-corrected chi connectivity index (χ3v) is 5.30. The van der Waals surface area contributed by atoms with Crippen LogP contribution in [0.15, 0.2) is 24.3 Å². The van der Waals surface area contributed by atoms with Crippen LogP contribution in [-0.2, 0) is 19.1 Å². The van der Waals surface area contributed by atoms with Crippen molar-refractivity contribution in [3.8, 4) is 0 Å². The number of carbonyl (C=O) groups excluding carboxylic acids is 3. The number of nitrogens with two attached hydrogens (primary N) is 1. The molecule has 0 aliphatic carbocycles. The number of rotatable bonds is 4. The van der Waals surface area contributed by atoms with Gasteiger partial charge in [0.1, 0.15) is 23.7 Å². The molecule has 2 heterocycles. The van der Waals surface area contributed by atoms with E-state index in [-0.39, 0.29) is 25.0 Å². The highest BCUT2D eigenvalue weighted by atomic mass is 19.1. The van der Waals surface area contributed by atoms with Gasteiger partial charge < -0.3 is 10.1 Å². The van der Waals surface area contributed by atoms with Crippen LogP contribution in [0.3, 0.4) is 0 Å². The first-order valence-electron chi connectivity index (χ1n) is 8.49. The maximum atomic E-state index is 14.4. The highest BCUT2D eigenvalue weighted by Gasteiger charge is 2.70. The lowest BCUT2D eigenvalue weighted by Gasteiger charge is -2.25. The number of ether oxygens (including phenoxy) is 1. The van der Waals surface area contributed by atoms with Gasteiger partial charge in [-0.05, 0) is 19.9 Å². The molecule has 0 spiro atoms. The lowest BCUT2D eigenvalue weighted by atomic mass is 9.80. The zero-order chi connectivity index (χ0) is 18.4. The molecule has 6 nitrogen and oxygen atoms in total. The van der Waals surface area contributed by atoms with E-state index < -0.39 is 35.2 Å². The number of quaternary nitrogens is 1. The highest BCUT2D eigenvalue weighted by Crippen LogP contribution is 2.44. The third kappa shape index (κ3) is 2.45. The third-order valence-electron chi connectivity index (χ3n) is 5.30. The van der Waals surface area contributed by atoms with Crippen molar-refractivity contribution in [1.82, 2.24) is 4.90 Å². The Bertz CT molecular complexity index is 738. The number of amides is 2. The van der Waals surface area contributed by atoms with Gasteiger partial charge in [-0.25, -0.2) is 9.18 Å². The van der Waals surface area contributed by atoms with Gasteiger partial charge in [0, 0.05) is 19.0 Å². The molecule has 0 saturated carbocycles. The van der Waals surface area contributed by atoms with E-state index in [0.717, 1.165) is 4.90 Å². The quantitative estimate of drug-likeness (QED) is 0.630. The number of fused-ring (bicyclic) bond motifs is 1. The topological polar surface area (TPSA) is 80.3 Å². The molecule has 0 radical (unpaired) electrons. The summed E-state index contributed by atoms with van der Waals surface area (Å²) >= 11 is 0. The number of benzene rings is 1. The van der Waals surface area contributed by atoms with Gasteiger partial charge in [0.25, 0.3) is 0 Å². The standard InChI is InChI=1S/C18H21FN2O4/c1-4-21-15(22)12-13(16(21)23)18(3,17(24)25-5-2)20-14(12)10-8-6-7-9-11(10)19/h6-9,12-14,20H,4-5H2,1-3H3/p+1/t12-,13+,14-,18-/m1/s1. The minimum absolute atomic E-state index is 0.170. The Labute approximate surface area is 145 Å². The van der Waals surface area contributed by atoms with Gasteiger partial charge in [-0.3, -0.25) is 14.5 Å². The van der Waals surface area contributed by atoms with Crippen LogP contribution in [-0.4, -0.2) is 41.4 Å². The normalized spacial score (nSPS) is 31.4. The van der Waals surface area contributed by atoms with Gasteiger partial charge in [0.15, 0.2) is 0 Å². The fourth-order valence-corrected chi connectivity index (χ4v) is 4.15. The Morgan fingerprint density at radius 2 is 1.96 bits per heavy atom. The summed E-state index contributed by atoms with van der Waals surface area (Å²) in [6.07, 6.45) is 0. The Balaban J connectivity index is 2.11. The molecule has 4 atom stereocenters. The molecule has 0 unspecified atom stereocenters. The lowest BCUT2D eigenvalue weighted by Crippen LogP contribution is -2.97. The largest absolute Gasteiger partial charge is 0.461 e. The van der Waals surface area contributed by atoms with E-state index >= 15 is 0 Å². The number of esters is 1. The van der Waals surface area contributed by atoms with Crippen LogP contribution in [0.1, 0.15) is 32.4 Å². The Morgan fingerprint density at radius 3 is 2.56 bits per heavy atom. The van der Waals surface area contributed by atoms with Gasteiger partial charge in [-0.2, -0.15) is 0 Å². The van der Waals surface area contributed by atoms with E-state index in [2.05, 4.69) is 0 Å². The summed E-state index contributed by atoms with van der Waals surface area (Å²) < 4.78 is 19.5. The van der Waals surface area contributed by atoms with E-state index in [1.54, 1.807) is 44.3 Å². The molecular weight excluding hydrogens is 327 g/mol. The second-order valence-corrected chi connectivity index (χ2v) is 6.64. The molecule has 1 aromatic carbocycles. The van der Waals surface area contributed by atoms with E-state index in [0.29, 0.717) is 5.56 Å². The second-order valence-electron chi connectivity index (χ2n) is 6.64. The first kappa shape index (κ1) is 17.5. The van der Waals surface area contributed by atoms with Crippen molar-refractivity contribution >= 4 is 17.8 Å².